The zero-order chi connectivity index (χ0) is 27.1. The molecule has 0 radical (unpaired) electrons. The van der Waals surface area contributed by atoms with Crippen LogP contribution in [0.2, 0.25) is 0 Å². The van der Waals surface area contributed by atoms with Crippen LogP contribution in [0.3, 0.4) is 0 Å². The van der Waals surface area contributed by atoms with Crippen LogP contribution in [0.1, 0.15) is 56.3 Å². The number of aromatic nitrogens is 1. The van der Waals surface area contributed by atoms with Crippen LogP contribution in [0.15, 0.2) is 60.8 Å². The Morgan fingerprint density at radius 1 is 1.00 bits per heavy atom. The first kappa shape index (κ1) is 24.9. The van der Waals surface area contributed by atoms with Gasteiger partial charge in [-0.1, -0.05) is 24.3 Å². The van der Waals surface area contributed by atoms with E-state index in [1.807, 2.05) is 24.3 Å². The maximum absolute atomic E-state index is 15.0. The number of halogens is 1. The number of imide groups is 2. The molecule has 3 aliphatic heterocycles. The Bertz CT molecular complexity index is 1490. The molecule has 6 rings (SSSR count). The molecule has 4 heterocycles. The molecule has 10 heteroatoms. The molecule has 0 bridgehead atoms. The van der Waals surface area contributed by atoms with E-state index in [0.29, 0.717) is 23.7 Å². The summed E-state index contributed by atoms with van der Waals surface area (Å²) in [6.07, 6.45) is 1.93. The number of rotatable bonds is 7. The van der Waals surface area contributed by atoms with Gasteiger partial charge in [-0.15, -0.1) is 0 Å². The van der Waals surface area contributed by atoms with Crippen LogP contribution in [0.4, 0.5) is 10.1 Å². The highest BCUT2D eigenvalue weighted by atomic mass is 19.1. The largest absolute Gasteiger partial charge is 0.380 e. The maximum atomic E-state index is 15.0. The van der Waals surface area contributed by atoms with Gasteiger partial charge in [0.1, 0.15) is 11.9 Å². The number of nitrogens with zero attached hydrogens (tertiary/aromatic N) is 3. The van der Waals surface area contributed by atoms with Crippen LogP contribution in [0, 0.1) is 5.82 Å². The first-order valence-corrected chi connectivity index (χ1v) is 12.9. The predicted molar refractivity (Wildman–Crippen MR) is 139 cm³/mol. The number of benzene rings is 2. The number of hydrogen-bond acceptors (Lipinski definition) is 7. The van der Waals surface area contributed by atoms with E-state index in [9.17, 15) is 23.6 Å². The second-order valence-corrected chi connectivity index (χ2v) is 10.1. The summed E-state index contributed by atoms with van der Waals surface area (Å²) >= 11 is 0. The first-order valence-electron chi connectivity index (χ1n) is 12.9. The van der Waals surface area contributed by atoms with E-state index in [1.54, 1.807) is 24.4 Å². The summed E-state index contributed by atoms with van der Waals surface area (Å²) in [6, 6.07) is 14.8. The van der Waals surface area contributed by atoms with Gasteiger partial charge in [0.25, 0.3) is 11.8 Å². The zero-order valence-corrected chi connectivity index (χ0v) is 21.0. The lowest BCUT2D eigenvalue weighted by atomic mass is 9.95. The molecule has 2 N–H and O–H groups in total. The maximum Gasteiger partial charge on any atom is 0.264 e. The van der Waals surface area contributed by atoms with Crippen LogP contribution in [0.5, 0.6) is 0 Å². The molecule has 0 saturated carbocycles. The number of fused-ring (bicyclic) bond motifs is 1. The number of carbonyl (C=O) groups excluding carboxylic acids is 4. The van der Waals surface area contributed by atoms with Crippen molar-refractivity contribution in [3.63, 3.8) is 0 Å². The van der Waals surface area contributed by atoms with Crippen molar-refractivity contribution in [3.05, 3.63) is 94.6 Å². The molecule has 9 nitrogen and oxygen atoms in total. The summed E-state index contributed by atoms with van der Waals surface area (Å²) in [6.45, 7) is 2.51. The SMILES string of the molecule is O=C1CCC(N2C(=O)c3cccc(NCc4ccc(CN5CC(c6ccccn6)C5)cc4F)c3C2=O)C(=O)N1. The highest BCUT2D eigenvalue weighted by Gasteiger charge is 2.45. The fourth-order valence-corrected chi connectivity index (χ4v) is 5.45. The zero-order valence-electron chi connectivity index (χ0n) is 21.0. The van der Waals surface area contributed by atoms with Crippen molar-refractivity contribution >= 4 is 29.3 Å². The summed E-state index contributed by atoms with van der Waals surface area (Å²) in [7, 11) is 0. The first-order chi connectivity index (χ1) is 18.9. The lowest BCUT2D eigenvalue weighted by Crippen LogP contribution is -2.54. The average molecular weight is 528 g/mol. The monoisotopic (exact) mass is 527 g/mol. The van der Waals surface area contributed by atoms with Crippen molar-refractivity contribution in [2.45, 2.75) is 37.9 Å². The Morgan fingerprint density at radius 2 is 1.85 bits per heavy atom. The van der Waals surface area contributed by atoms with Crippen molar-refractivity contribution in [3.8, 4) is 0 Å². The van der Waals surface area contributed by atoms with Crippen molar-refractivity contribution in [1.29, 1.82) is 0 Å². The van der Waals surface area contributed by atoms with Crippen molar-refractivity contribution < 1.29 is 23.6 Å². The molecule has 198 valence electrons. The fourth-order valence-electron chi connectivity index (χ4n) is 5.45. The second kappa shape index (κ2) is 10.0. The Morgan fingerprint density at radius 3 is 2.59 bits per heavy atom. The topological polar surface area (TPSA) is 112 Å². The van der Waals surface area contributed by atoms with Gasteiger partial charge in [0, 0.05) is 61.7 Å². The number of nitrogens with one attached hydrogen (secondary N) is 2. The summed E-state index contributed by atoms with van der Waals surface area (Å²) in [5.74, 6) is -2.25. The van der Waals surface area contributed by atoms with Gasteiger partial charge in [-0.05, 0) is 42.3 Å². The third kappa shape index (κ3) is 4.67. The van der Waals surface area contributed by atoms with Crippen LogP contribution in [-0.2, 0) is 22.7 Å². The lowest BCUT2D eigenvalue weighted by molar-refractivity contribution is -0.136. The van der Waals surface area contributed by atoms with Crippen molar-refractivity contribution in [2.24, 2.45) is 0 Å². The van der Waals surface area contributed by atoms with E-state index in [2.05, 4.69) is 20.5 Å². The van der Waals surface area contributed by atoms with E-state index in [4.69, 9.17) is 0 Å². The lowest BCUT2D eigenvalue weighted by Gasteiger charge is -2.39. The van der Waals surface area contributed by atoms with Gasteiger partial charge in [-0.25, -0.2) is 4.39 Å². The molecular weight excluding hydrogens is 501 g/mol. The normalized spacial score (nSPS) is 19.6. The molecule has 0 aliphatic carbocycles. The minimum Gasteiger partial charge on any atom is -0.380 e. The number of hydrogen-bond donors (Lipinski definition) is 2. The number of likely N-dealkylation sites (tertiary alicyclic amines) is 1. The quantitative estimate of drug-likeness (QED) is 0.455. The smallest absolute Gasteiger partial charge is 0.264 e. The number of anilines is 1. The van der Waals surface area contributed by atoms with E-state index < -0.39 is 29.7 Å². The molecular formula is C29H26FN5O4. The van der Waals surface area contributed by atoms with Crippen LogP contribution in [0.25, 0.3) is 0 Å². The minimum absolute atomic E-state index is 0.0484. The molecule has 3 aliphatic rings. The number of amides is 4. The number of carbonyl (C=O) groups is 4. The van der Waals surface area contributed by atoms with E-state index in [0.717, 1.165) is 29.2 Å². The summed E-state index contributed by atoms with van der Waals surface area (Å²) in [5, 5.41) is 5.28. The third-order valence-electron chi connectivity index (χ3n) is 7.52. The fraction of sp³-hybridized carbons (Fsp3) is 0.276. The van der Waals surface area contributed by atoms with Crippen LogP contribution < -0.4 is 10.6 Å². The third-order valence-corrected chi connectivity index (χ3v) is 7.52. The summed E-state index contributed by atoms with van der Waals surface area (Å²) in [5.41, 5.74) is 3.06. The molecule has 2 fully saturated rings. The van der Waals surface area contributed by atoms with E-state index >= 15 is 0 Å². The number of piperidine rings is 1. The molecule has 2 aromatic carbocycles. The van der Waals surface area contributed by atoms with E-state index in [-0.39, 0.29) is 36.3 Å². The standard InChI is InChI=1S/C29H26FN5O4/c30-21-12-17(14-34-15-19(16-34)22-5-1-2-11-31-22)7-8-18(21)13-32-23-6-3-4-20-26(23)29(39)35(28(20)38)24-9-10-25(36)33-27(24)37/h1-8,11-12,19,24,32H,9-10,13-16H2,(H,33,36,37). The molecule has 3 aromatic rings. The Hall–Kier alpha value is -4.44. The van der Waals surface area contributed by atoms with Crippen molar-refractivity contribution in [2.75, 3.05) is 18.4 Å². The molecule has 1 aromatic heterocycles. The number of pyridine rings is 1. The van der Waals surface area contributed by atoms with Gasteiger partial charge >= 0.3 is 0 Å². The highest BCUT2D eigenvalue weighted by Crippen LogP contribution is 2.33. The Labute approximate surface area is 224 Å². The van der Waals surface area contributed by atoms with Gasteiger partial charge in [0.05, 0.1) is 11.1 Å². The Kier molecular flexibility index (Phi) is 6.40. The van der Waals surface area contributed by atoms with Crippen LogP contribution >= 0.6 is 0 Å². The van der Waals surface area contributed by atoms with Gasteiger partial charge in [-0.2, -0.15) is 0 Å². The van der Waals surface area contributed by atoms with Gasteiger partial charge in [-0.3, -0.25) is 39.3 Å². The molecule has 0 spiro atoms. The van der Waals surface area contributed by atoms with Crippen LogP contribution in [-0.4, -0.2) is 57.5 Å². The molecule has 1 unspecified atom stereocenters. The second-order valence-electron chi connectivity index (χ2n) is 10.1. The molecule has 1 atom stereocenters. The molecule has 2 saturated heterocycles. The molecule has 4 amide bonds. The summed E-state index contributed by atoms with van der Waals surface area (Å²) in [4.78, 5) is 57.7. The summed E-state index contributed by atoms with van der Waals surface area (Å²) < 4.78 is 15.0. The molecule has 39 heavy (non-hydrogen) atoms. The predicted octanol–water partition coefficient (Wildman–Crippen LogP) is 2.83. The van der Waals surface area contributed by atoms with Crippen molar-refractivity contribution in [1.82, 2.24) is 20.1 Å². The van der Waals surface area contributed by atoms with E-state index in [1.165, 1.54) is 12.1 Å². The highest BCUT2D eigenvalue weighted by molar-refractivity contribution is 6.25. The van der Waals surface area contributed by atoms with Gasteiger partial charge in [0.15, 0.2) is 0 Å². The Balaban J connectivity index is 1.11. The minimum atomic E-state index is -1.04. The average Bonchev–Trinajstić information content (AvgIpc) is 3.16. The van der Waals surface area contributed by atoms with Gasteiger partial charge in [0.2, 0.25) is 11.8 Å². The van der Waals surface area contributed by atoms with Gasteiger partial charge < -0.3 is 5.32 Å².